The molecule has 8 heteroatoms. The molecule has 0 aromatic heterocycles. The van der Waals surface area contributed by atoms with E-state index >= 15 is 0 Å². The smallest absolute Gasteiger partial charge is 0.387 e. The fourth-order valence-corrected chi connectivity index (χ4v) is 2.73. The van der Waals surface area contributed by atoms with Crippen LogP contribution in [0.15, 0.2) is 24.3 Å². The van der Waals surface area contributed by atoms with E-state index < -0.39 is 16.6 Å². The van der Waals surface area contributed by atoms with Crippen molar-refractivity contribution >= 4 is 21.6 Å². The molecule has 0 bridgehead atoms. The molecule has 0 atom stereocenters. The maximum absolute atomic E-state index is 11.9. The Labute approximate surface area is 115 Å². The van der Waals surface area contributed by atoms with Crippen molar-refractivity contribution < 1.29 is 21.9 Å². The molecule has 0 radical (unpaired) electrons. The number of hydrogen-bond acceptors (Lipinski definition) is 3. The molecule has 1 rings (SSSR count). The Morgan fingerprint density at radius 2 is 1.89 bits per heavy atom. The fraction of sp³-hybridized carbons (Fsp3) is 0.455. The van der Waals surface area contributed by atoms with Gasteiger partial charge < -0.3 is 4.74 Å². The van der Waals surface area contributed by atoms with E-state index in [9.17, 15) is 17.2 Å². The molecule has 0 spiro atoms. The topological polar surface area (TPSA) is 55.4 Å². The zero-order valence-corrected chi connectivity index (χ0v) is 11.6. The summed E-state index contributed by atoms with van der Waals surface area (Å²) in [7, 11) is -3.33. The third-order valence-corrected chi connectivity index (χ3v) is 4.03. The van der Waals surface area contributed by atoms with Crippen molar-refractivity contribution in [1.29, 1.82) is 0 Å². The first-order valence-electron chi connectivity index (χ1n) is 5.50. The Morgan fingerprint density at radius 1 is 1.26 bits per heavy atom. The highest BCUT2D eigenvalue weighted by Crippen LogP contribution is 2.14. The summed E-state index contributed by atoms with van der Waals surface area (Å²) in [5.41, 5.74) is 0.815. The molecule has 0 saturated heterocycles. The van der Waals surface area contributed by atoms with Crippen LogP contribution in [0.1, 0.15) is 5.56 Å². The van der Waals surface area contributed by atoms with Crippen LogP contribution in [0.25, 0.3) is 0 Å². The molecule has 0 aliphatic heterocycles. The lowest BCUT2D eigenvalue weighted by molar-refractivity contribution is -0.0498. The highest BCUT2D eigenvalue weighted by molar-refractivity contribution is 7.89. The van der Waals surface area contributed by atoms with Gasteiger partial charge in [0, 0.05) is 12.4 Å². The SMILES string of the molecule is O=S(=O)(CCCl)NCCc1ccc(OC(F)F)cc1. The van der Waals surface area contributed by atoms with Crippen molar-refractivity contribution in [2.24, 2.45) is 0 Å². The second-order valence-electron chi connectivity index (χ2n) is 3.67. The van der Waals surface area contributed by atoms with Crippen LogP contribution in [0, 0.1) is 0 Å². The lowest BCUT2D eigenvalue weighted by atomic mass is 10.1. The van der Waals surface area contributed by atoms with Gasteiger partial charge in [-0.05, 0) is 24.1 Å². The predicted octanol–water partition coefficient (Wildman–Crippen LogP) is 1.99. The lowest BCUT2D eigenvalue weighted by Gasteiger charge is -2.07. The number of ether oxygens (including phenoxy) is 1. The summed E-state index contributed by atoms with van der Waals surface area (Å²) in [6.07, 6.45) is 0.455. The second-order valence-corrected chi connectivity index (χ2v) is 5.98. The van der Waals surface area contributed by atoms with Gasteiger partial charge in [0.15, 0.2) is 0 Å². The Hall–Kier alpha value is -0.920. The van der Waals surface area contributed by atoms with E-state index in [-0.39, 0.29) is 23.9 Å². The lowest BCUT2D eigenvalue weighted by Crippen LogP contribution is -2.28. The summed E-state index contributed by atoms with van der Waals surface area (Å²) in [5, 5.41) is 0. The van der Waals surface area contributed by atoms with Crippen molar-refractivity contribution in [2.45, 2.75) is 13.0 Å². The summed E-state index contributed by atoms with van der Waals surface area (Å²) < 4.78 is 53.0. The molecule has 0 unspecified atom stereocenters. The van der Waals surface area contributed by atoms with E-state index in [0.717, 1.165) is 5.56 Å². The van der Waals surface area contributed by atoms with E-state index in [1.165, 1.54) is 12.1 Å². The van der Waals surface area contributed by atoms with Crippen molar-refractivity contribution in [1.82, 2.24) is 4.72 Å². The molecule has 108 valence electrons. The normalized spacial score (nSPS) is 11.8. The molecule has 0 fully saturated rings. The first-order chi connectivity index (χ1) is 8.93. The number of nitrogens with one attached hydrogen (secondary N) is 1. The minimum atomic E-state index is -3.33. The third-order valence-electron chi connectivity index (χ3n) is 2.23. The highest BCUT2D eigenvalue weighted by atomic mass is 35.5. The van der Waals surface area contributed by atoms with Crippen LogP contribution in [-0.4, -0.2) is 33.2 Å². The Balaban J connectivity index is 2.42. The highest BCUT2D eigenvalue weighted by Gasteiger charge is 2.08. The zero-order chi connectivity index (χ0) is 14.3. The first kappa shape index (κ1) is 16.1. The van der Waals surface area contributed by atoms with Crippen LogP contribution in [0.3, 0.4) is 0 Å². The van der Waals surface area contributed by atoms with Crippen LogP contribution in [-0.2, 0) is 16.4 Å². The summed E-state index contributed by atoms with van der Waals surface area (Å²) in [4.78, 5) is 0. The molecule has 1 N–H and O–H groups in total. The van der Waals surface area contributed by atoms with Gasteiger partial charge in [0.05, 0.1) is 5.75 Å². The number of hydrogen-bond donors (Lipinski definition) is 1. The van der Waals surface area contributed by atoms with E-state index in [1.54, 1.807) is 12.1 Å². The molecular formula is C11H14ClF2NO3S. The molecular weight excluding hydrogens is 300 g/mol. The fourth-order valence-electron chi connectivity index (χ4n) is 1.36. The summed E-state index contributed by atoms with van der Waals surface area (Å²) in [6, 6.07) is 6.03. The van der Waals surface area contributed by atoms with E-state index in [4.69, 9.17) is 11.6 Å². The Kier molecular flexibility index (Phi) is 6.47. The molecule has 0 aliphatic carbocycles. The van der Waals surface area contributed by atoms with Gasteiger partial charge in [-0.15, -0.1) is 11.6 Å². The number of sulfonamides is 1. The van der Waals surface area contributed by atoms with Crippen LogP contribution in [0.4, 0.5) is 8.78 Å². The summed E-state index contributed by atoms with van der Waals surface area (Å²) in [6.45, 7) is -2.62. The maximum atomic E-state index is 11.9. The van der Waals surface area contributed by atoms with Crippen LogP contribution in [0.5, 0.6) is 5.75 Å². The summed E-state index contributed by atoms with van der Waals surface area (Å²) in [5.74, 6) is -0.0217. The van der Waals surface area contributed by atoms with Gasteiger partial charge in [-0.1, -0.05) is 12.1 Å². The molecule has 19 heavy (non-hydrogen) atoms. The molecule has 0 aliphatic rings. The van der Waals surface area contributed by atoms with Crippen LogP contribution < -0.4 is 9.46 Å². The molecule has 1 aromatic carbocycles. The van der Waals surface area contributed by atoms with Crippen molar-refractivity contribution in [3.8, 4) is 5.75 Å². The van der Waals surface area contributed by atoms with Gasteiger partial charge in [-0.3, -0.25) is 0 Å². The number of halogens is 3. The van der Waals surface area contributed by atoms with E-state index in [2.05, 4.69) is 9.46 Å². The maximum Gasteiger partial charge on any atom is 0.387 e. The first-order valence-corrected chi connectivity index (χ1v) is 7.68. The largest absolute Gasteiger partial charge is 0.435 e. The number of benzene rings is 1. The molecule has 0 heterocycles. The van der Waals surface area contributed by atoms with Gasteiger partial charge in [-0.2, -0.15) is 8.78 Å². The molecule has 1 aromatic rings. The molecule has 0 saturated carbocycles. The van der Waals surface area contributed by atoms with Crippen LogP contribution >= 0.6 is 11.6 Å². The van der Waals surface area contributed by atoms with Gasteiger partial charge in [0.25, 0.3) is 0 Å². The van der Waals surface area contributed by atoms with Gasteiger partial charge >= 0.3 is 6.61 Å². The summed E-state index contributed by atoms with van der Waals surface area (Å²) >= 11 is 5.35. The van der Waals surface area contributed by atoms with Gasteiger partial charge in [-0.25, -0.2) is 13.1 Å². The third kappa shape index (κ3) is 6.70. The molecule has 0 amide bonds. The Bertz CT molecular complexity index is 479. The van der Waals surface area contributed by atoms with Crippen molar-refractivity contribution in [3.05, 3.63) is 29.8 Å². The average molecular weight is 314 g/mol. The van der Waals surface area contributed by atoms with Crippen molar-refractivity contribution in [3.63, 3.8) is 0 Å². The predicted molar refractivity (Wildman–Crippen MR) is 69.3 cm³/mol. The van der Waals surface area contributed by atoms with Gasteiger partial charge in [0.1, 0.15) is 5.75 Å². The minimum absolute atomic E-state index is 0.0367. The van der Waals surface area contributed by atoms with Crippen LogP contribution in [0.2, 0.25) is 0 Å². The van der Waals surface area contributed by atoms with Gasteiger partial charge in [0.2, 0.25) is 10.0 Å². The zero-order valence-electron chi connectivity index (χ0n) is 9.98. The van der Waals surface area contributed by atoms with E-state index in [1.807, 2.05) is 0 Å². The van der Waals surface area contributed by atoms with E-state index in [0.29, 0.717) is 6.42 Å². The minimum Gasteiger partial charge on any atom is -0.435 e. The Morgan fingerprint density at radius 3 is 2.42 bits per heavy atom. The average Bonchev–Trinajstić information content (AvgIpc) is 2.30. The van der Waals surface area contributed by atoms with Crippen molar-refractivity contribution in [2.75, 3.05) is 18.2 Å². The number of alkyl halides is 3. The monoisotopic (exact) mass is 313 g/mol. The second kappa shape index (κ2) is 7.62. The standard InChI is InChI=1S/C11H14ClF2NO3S/c12-6-8-19(16,17)15-7-5-9-1-3-10(4-2-9)18-11(13)14/h1-4,11,15H,5-8H2. The molecule has 4 nitrogen and oxygen atoms in total. The quantitative estimate of drug-likeness (QED) is 0.747. The number of rotatable bonds is 8.